The number of piperidine rings is 1. The first-order valence-electron chi connectivity index (χ1n) is 9.09. The van der Waals surface area contributed by atoms with E-state index in [0.29, 0.717) is 17.8 Å². The zero-order valence-electron chi connectivity index (χ0n) is 15.0. The summed E-state index contributed by atoms with van der Waals surface area (Å²) in [6.45, 7) is 0. The second-order valence-electron chi connectivity index (χ2n) is 7.31. The van der Waals surface area contributed by atoms with Crippen LogP contribution in [0.25, 0.3) is 11.3 Å². The van der Waals surface area contributed by atoms with Crippen LogP contribution in [0.4, 0.5) is 19.0 Å². The Balaban J connectivity index is 1.33. The van der Waals surface area contributed by atoms with Gasteiger partial charge in [-0.2, -0.15) is 28.5 Å². The molecule has 3 aromatic heterocycles. The first-order valence-corrected chi connectivity index (χ1v) is 9.09. The Morgan fingerprint density at radius 2 is 2.03 bits per heavy atom. The molecule has 3 atom stereocenters. The maximum atomic E-state index is 13.0. The van der Waals surface area contributed by atoms with Crippen molar-refractivity contribution in [3.63, 3.8) is 0 Å². The molecule has 7 nitrogen and oxygen atoms in total. The van der Waals surface area contributed by atoms with Crippen LogP contribution >= 0.6 is 0 Å². The molecule has 0 radical (unpaired) electrons. The third kappa shape index (κ3) is 3.14. The lowest BCUT2D eigenvalue weighted by Gasteiger charge is -2.18. The number of nitrogens with one attached hydrogen (secondary N) is 1. The molecule has 148 valence electrons. The van der Waals surface area contributed by atoms with Gasteiger partial charge in [-0.25, -0.2) is 0 Å². The summed E-state index contributed by atoms with van der Waals surface area (Å²) in [5.41, 5.74) is 1.23. The summed E-state index contributed by atoms with van der Waals surface area (Å²) in [4.78, 5) is 18.2. The highest BCUT2D eigenvalue weighted by Crippen LogP contribution is 2.51. The predicted octanol–water partition coefficient (Wildman–Crippen LogP) is 2.87. The molecule has 4 heterocycles. The molecule has 0 unspecified atom stereocenters. The maximum Gasteiger partial charge on any atom is 0.433 e. The molecule has 1 amide bonds. The summed E-state index contributed by atoms with van der Waals surface area (Å²) in [5, 5.41) is 14.8. The van der Waals surface area contributed by atoms with Gasteiger partial charge in [0, 0.05) is 29.8 Å². The number of nitrogens with zero attached hydrogens (tertiary/aromatic N) is 5. The number of pyridine rings is 1. The average Bonchev–Trinajstić information content (AvgIpc) is 3.22. The van der Waals surface area contributed by atoms with E-state index in [9.17, 15) is 18.0 Å². The minimum absolute atomic E-state index is 0.0583. The van der Waals surface area contributed by atoms with Crippen LogP contribution in [-0.4, -0.2) is 37.3 Å². The third-order valence-electron chi connectivity index (χ3n) is 5.49. The highest BCUT2D eigenvalue weighted by atomic mass is 19.4. The number of carbonyl (C=O) groups is 1. The number of hydrogen-bond donors (Lipinski definition) is 1. The zero-order chi connectivity index (χ0) is 20.2. The Bertz CT molecular complexity index is 1050. The Kier molecular flexibility index (Phi) is 3.90. The third-order valence-corrected chi connectivity index (χ3v) is 5.49. The number of hydrogen-bond acceptors (Lipinski definition) is 5. The van der Waals surface area contributed by atoms with Crippen LogP contribution in [0.1, 0.15) is 17.7 Å². The molecule has 10 heteroatoms. The number of alkyl halides is 3. The Labute approximate surface area is 163 Å². The van der Waals surface area contributed by atoms with Gasteiger partial charge in [0.15, 0.2) is 5.82 Å². The molecule has 1 aliphatic carbocycles. The van der Waals surface area contributed by atoms with Crippen molar-refractivity contribution in [2.45, 2.75) is 25.1 Å². The van der Waals surface area contributed by atoms with Gasteiger partial charge in [0.2, 0.25) is 5.91 Å². The summed E-state index contributed by atoms with van der Waals surface area (Å²) in [6, 6.07) is 6.02. The molecule has 0 bridgehead atoms. The topological polar surface area (TPSA) is 87.7 Å². The summed E-state index contributed by atoms with van der Waals surface area (Å²) >= 11 is 0. The molecule has 5 rings (SSSR count). The summed E-state index contributed by atoms with van der Waals surface area (Å²) in [7, 11) is 0. The predicted molar refractivity (Wildman–Crippen MR) is 95.4 cm³/mol. The molecule has 2 fully saturated rings. The van der Waals surface area contributed by atoms with Crippen LogP contribution < -0.4 is 4.90 Å². The average molecular weight is 400 g/mol. The van der Waals surface area contributed by atoms with Crippen molar-refractivity contribution in [2.24, 2.45) is 11.8 Å². The molecule has 29 heavy (non-hydrogen) atoms. The van der Waals surface area contributed by atoms with Crippen LogP contribution in [0.15, 0.2) is 42.9 Å². The molecular weight excluding hydrogens is 385 g/mol. The number of aromatic amines is 1. The molecule has 1 saturated heterocycles. The molecule has 1 aliphatic heterocycles. The summed E-state index contributed by atoms with van der Waals surface area (Å²) < 4.78 is 38.0. The van der Waals surface area contributed by atoms with E-state index in [1.165, 1.54) is 12.3 Å². The number of rotatable bonds is 4. The van der Waals surface area contributed by atoms with Gasteiger partial charge >= 0.3 is 6.18 Å². The van der Waals surface area contributed by atoms with Gasteiger partial charge in [0.05, 0.1) is 18.1 Å². The molecule has 1 N–H and O–H groups in total. The number of aromatic nitrogens is 5. The van der Waals surface area contributed by atoms with E-state index in [2.05, 4.69) is 25.4 Å². The number of amides is 1. The van der Waals surface area contributed by atoms with Gasteiger partial charge in [0.1, 0.15) is 5.69 Å². The van der Waals surface area contributed by atoms with Crippen molar-refractivity contribution in [3.05, 3.63) is 54.1 Å². The lowest BCUT2D eigenvalue weighted by atomic mass is 9.96. The summed E-state index contributed by atoms with van der Waals surface area (Å²) in [6.07, 6.45) is 1.14. The van der Waals surface area contributed by atoms with Crippen molar-refractivity contribution in [3.8, 4) is 11.3 Å². The minimum Gasteiger partial charge on any atom is -0.292 e. The van der Waals surface area contributed by atoms with Gasteiger partial charge in [0.25, 0.3) is 0 Å². The van der Waals surface area contributed by atoms with E-state index >= 15 is 0 Å². The molecule has 0 aromatic carbocycles. The van der Waals surface area contributed by atoms with Crippen LogP contribution in [0.3, 0.4) is 0 Å². The smallest absolute Gasteiger partial charge is 0.292 e. The van der Waals surface area contributed by atoms with E-state index in [0.717, 1.165) is 23.7 Å². The Morgan fingerprint density at radius 3 is 2.72 bits per heavy atom. The largest absolute Gasteiger partial charge is 0.433 e. The van der Waals surface area contributed by atoms with E-state index in [4.69, 9.17) is 0 Å². The minimum atomic E-state index is -4.47. The van der Waals surface area contributed by atoms with E-state index in [1.54, 1.807) is 29.4 Å². The van der Waals surface area contributed by atoms with Crippen molar-refractivity contribution in [1.82, 2.24) is 25.4 Å². The highest BCUT2D eigenvalue weighted by Gasteiger charge is 2.59. The summed E-state index contributed by atoms with van der Waals surface area (Å²) in [5.74, 6) is 0.397. The van der Waals surface area contributed by atoms with Crippen molar-refractivity contribution < 1.29 is 18.0 Å². The quantitative estimate of drug-likeness (QED) is 0.728. The fourth-order valence-electron chi connectivity index (χ4n) is 3.98. The lowest BCUT2D eigenvalue weighted by Crippen LogP contribution is -2.32. The normalized spacial score (nSPS) is 23.3. The van der Waals surface area contributed by atoms with E-state index in [-0.39, 0.29) is 23.8 Å². The Hall–Kier alpha value is -3.30. The molecule has 2 aliphatic rings. The molecule has 1 saturated carbocycles. The van der Waals surface area contributed by atoms with Gasteiger partial charge in [-0.05, 0) is 36.5 Å². The SMILES string of the molecule is O=C1[C@H](Cc2ccc(C(F)(F)F)nc2)[C@@H]2C[C@@H]2N1c1cc(-c2ccnnc2)[nH]n1. The van der Waals surface area contributed by atoms with Crippen LogP contribution in [-0.2, 0) is 17.4 Å². The zero-order valence-corrected chi connectivity index (χ0v) is 15.0. The molecule has 0 spiro atoms. The second-order valence-corrected chi connectivity index (χ2v) is 7.31. The second kappa shape index (κ2) is 6.36. The number of halogens is 3. The van der Waals surface area contributed by atoms with Crippen LogP contribution in [0.2, 0.25) is 0 Å². The standard InChI is InChI=1S/C19H15F3N6O/c20-19(21,22)16-2-1-10(8-23-16)5-13-12-6-15(12)28(18(13)29)17-7-14(26-27-17)11-3-4-24-25-9-11/h1-4,7-9,12-13,15H,5-6H2,(H,26,27)/t12-,13+,15-/m0/s1. The Morgan fingerprint density at radius 1 is 1.17 bits per heavy atom. The molecule has 3 aromatic rings. The lowest BCUT2D eigenvalue weighted by molar-refractivity contribution is -0.141. The number of carbonyl (C=O) groups excluding carboxylic acids is 1. The first kappa shape index (κ1) is 17.8. The van der Waals surface area contributed by atoms with Crippen LogP contribution in [0, 0.1) is 11.8 Å². The van der Waals surface area contributed by atoms with Gasteiger partial charge < -0.3 is 0 Å². The fourth-order valence-corrected chi connectivity index (χ4v) is 3.98. The van der Waals surface area contributed by atoms with Gasteiger partial charge in [-0.1, -0.05) is 6.07 Å². The number of H-pyrrole nitrogens is 1. The maximum absolute atomic E-state index is 13.0. The fraction of sp³-hybridized carbons (Fsp3) is 0.316. The monoisotopic (exact) mass is 400 g/mol. The first-order chi connectivity index (χ1) is 13.9. The van der Waals surface area contributed by atoms with E-state index in [1.807, 2.05) is 0 Å². The molecular formula is C19H15F3N6O. The van der Waals surface area contributed by atoms with Crippen molar-refractivity contribution in [1.29, 1.82) is 0 Å². The van der Waals surface area contributed by atoms with Crippen molar-refractivity contribution >= 4 is 11.7 Å². The number of fused-ring (bicyclic) bond motifs is 1. The van der Waals surface area contributed by atoms with Gasteiger partial charge in [-0.15, -0.1) is 0 Å². The number of anilines is 1. The van der Waals surface area contributed by atoms with Crippen molar-refractivity contribution in [2.75, 3.05) is 4.90 Å². The highest BCUT2D eigenvalue weighted by molar-refractivity contribution is 5.99. The van der Waals surface area contributed by atoms with Gasteiger partial charge in [-0.3, -0.25) is 19.8 Å². The van der Waals surface area contributed by atoms with Crippen LogP contribution in [0.5, 0.6) is 0 Å². The van der Waals surface area contributed by atoms with E-state index < -0.39 is 11.9 Å².